The number of rotatable bonds is 7. The maximum Gasteiger partial charge on any atom is 0.109 e. The van der Waals surface area contributed by atoms with Gasteiger partial charge in [0.05, 0.1) is 16.7 Å². The average Bonchev–Trinajstić information content (AvgIpc) is 3.28. The quantitative estimate of drug-likeness (QED) is 0.487. The van der Waals surface area contributed by atoms with Gasteiger partial charge in [-0.2, -0.15) is 0 Å². The first-order chi connectivity index (χ1) is 12.2. The van der Waals surface area contributed by atoms with Gasteiger partial charge in [0.25, 0.3) is 0 Å². The number of anilines is 2. The summed E-state index contributed by atoms with van der Waals surface area (Å²) in [5.41, 5.74) is 11.0. The molecule has 25 heavy (non-hydrogen) atoms. The summed E-state index contributed by atoms with van der Waals surface area (Å²) in [6.07, 6.45) is 8.92. The van der Waals surface area contributed by atoms with Crippen LogP contribution in [0.4, 0.5) is 11.5 Å². The number of aryl methyl sites for hydroxylation is 2. The lowest BCUT2D eigenvalue weighted by molar-refractivity contribution is 1.01. The fourth-order valence-corrected chi connectivity index (χ4v) is 3.27. The summed E-state index contributed by atoms with van der Waals surface area (Å²) >= 11 is 1.76. The average molecular weight is 356 g/mol. The van der Waals surface area contributed by atoms with E-state index in [-0.39, 0.29) is 0 Å². The molecule has 0 fully saturated rings. The van der Waals surface area contributed by atoms with Gasteiger partial charge in [-0.15, -0.1) is 24.2 Å². The van der Waals surface area contributed by atoms with Crippen LogP contribution in [-0.4, -0.2) is 23.1 Å². The maximum atomic E-state index is 5.59. The number of fused-ring (bicyclic) bond motifs is 1. The lowest BCUT2D eigenvalue weighted by Crippen LogP contribution is -2.13. The van der Waals surface area contributed by atoms with Gasteiger partial charge in [0.15, 0.2) is 0 Å². The fourth-order valence-electron chi connectivity index (χ4n) is 2.62. The van der Waals surface area contributed by atoms with Gasteiger partial charge in [-0.1, -0.05) is 13.0 Å². The molecule has 0 aliphatic heterocycles. The lowest BCUT2D eigenvalue weighted by Gasteiger charge is -2.08. The van der Waals surface area contributed by atoms with E-state index >= 15 is 0 Å². The molecule has 0 aliphatic carbocycles. The highest BCUT2D eigenvalue weighted by atomic mass is 32.1. The number of nitrogens with two attached hydrogens (primary N) is 1. The smallest absolute Gasteiger partial charge is 0.109 e. The zero-order chi connectivity index (χ0) is 18.2. The molecular weight excluding hydrogens is 330 g/mol. The van der Waals surface area contributed by atoms with Crippen molar-refractivity contribution in [1.29, 1.82) is 0 Å². The molecule has 0 saturated heterocycles. The summed E-state index contributed by atoms with van der Waals surface area (Å²) < 4.78 is 0. The van der Waals surface area contributed by atoms with Gasteiger partial charge < -0.3 is 21.4 Å². The number of aromatic nitrogens is 2. The van der Waals surface area contributed by atoms with Gasteiger partial charge in [0.1, 0.15) is 5.82 Å². The van der Waals surface area contributed by atoms with Crippen LogP contribution in [0.1, 0.15) is 23.1 Å². The molecule has 0 bridgehead atoms. The fraction of sp³-hybridized carbons (Fsp3) is 0.316. The molecule has 0 unspecified atom stereocenters. The minimum atomic E-state index is 0.603. The first-order valence-corrected chi connectivity index (χ1v) is 9.16. The Hall–Kier alpha value is -2.49. The van der Waals surface area contributed by atoms with E-state index in [4.69, 9.17) is 10.7 Å². The van der Waals surface area contributed by atoms with E-state index in [0.29, 0.717) is 6.54 Å². The Morgan fingerprint density at radius 2 is 2.12 bits per heavy atom. The van der Waals surface area contributed by atoms with Gasteiger partial charge in [0.2, 0.25) is 0 Å². The highest BCUT2D eigenvalue weighted by Crippen LogP contribution is 2.30. The molecule has 5 nitrogen and oxygen atoms in total. The third-order valence-corrected chi connectivity index (χ3v) is 4.77. The SMILES string of the molecule is C#C.CCc1cc(NCc2cccs2)c2[nH]c(NCCN)c(C)c2n1. The van der Waals surface area contributed by atoms with Crippen molar-refractivity contribution in [2.75, 3.05) is 23.7 Å². The van der Waals surface area contributed by atoms with Crippen LogP contribution in [0, 0.1) is 19.8 Å². The van der Waals surface area contributed by atoms with Crippen molar-refractivity contribution in [2.24, 2.45) is 5.73 Å². The van der Waals surface area contributed by atoms with Crippen molar-refractivity contribution < 1.29 is 0 Å². The number of hydrogen-bond donors (Lipinski definition) is 4. The highest BCUT2D eigenvalue weighted by molar-refractivity contribution is 7.09. The molecular formula is C19H25N5S. The molecule has 6 heteroatoms. The number of pyridine rings is 1. The van der Waals surface area contributed by atoms with Crippen molar-refractivity contribution in [3.63, 3.8) is 0 Å². The van der Waals surface area contributed by atoms with Crippen LogP contribution in [0.25, 0.3) is 11.0 Å². The summed E-state index contributed by atoms with van der Waals surface area (Å²) in [5, 5.41) is 8.99. The van der Waals surface area contributed by atoms with E-state index in [9.17, 15) is 0 Å². The summed E-state index contributed by atoms with van der Waals surface area (Å²) in [7, 11) is 0. The molecule has 0 atom stereocenters. The van der Waals surface area contributed by atoms with Crippen LogP contribution in [-0.2, 0) is 13.0 Å². The van der Waals surface area contributed by atoms with Gasteiger partial charge in [0, 0.05) is 35.8 Å². The van der Waals surface area contributed by atoms with E-state index in [0.717, 1.165) is 53.3 Å². The van der Waals surface area contributed by atoms with Crippen molar-refractivity contribution in [3.8, 4) is 12.8 Å². The highest BCUT2D eigenvalue weighted by Gasteiger charge is 2.13. The van der Waals surface area contributed by atoms with Gasteiger partial charge in [-0.25, -0.2) is 0 Å². The molecule has 132 valence electrons. The van der Waals surface area contributed by atoms with Crippen molar-refractivity contribution in [3.05, 3.63) is 39.7 Å². The van der Waals surface area contributed by atoms with Crippen LogP contribution >= 0.6 is 11.3 Å². The van der Waals surface area contributed by atoms with Gasteiger partial charge >= 0.3 is 0 Å². The second-order valence-corrected chi connectivity index (χ2v) is 6.54. The van der Waals surface area contributed by atoms with Gasteiger partial charge in [-0.3, -0.25) is 4.98 Å². The number of thiophene rings is 1. The van der Waals surface area contributed by atoms with E-state index < -0.39 is 0 Å². The van der Waals surface area contributed by atoms with Gasteiger partial charge in [-0.05, 0) is 30.9 Å². The molecule has 3 heterocycles. The number of terminal acetylenes is 1. The third kappa shape index (κ3) is 4.32. The summed E-state index contributed by atoms with van der Waals surface area (Å²) in [6, 6.07) is 6.36. The van der Waals surface area contributed by atoms with E-state index in [2.05, 4.69) is 65.9 Å². The van der Waals surface area contributed by atoms with Crippen molar-refractivity contribution in [2.45, 2.75) is 26.8 Å². The molecule has 0 radical (unpaired) electrons. The minimum absolute atomic E-state index is 0.603. The largest absolute Gasteiger partial charge is 0.378 e. The van der Waals surface area contributed by atoms with Crippen LogP contribution < -0.4 is 16.4 Å². The molecule has 3 aromatic heterocycles. The molecule has 0 amide bonds. The summed E-state index contributed by atoms with van der Waals surface area (Å²) in [4.78, 5) is 9.57. The molecule has 3 aromatic rings. The molecule has 0 aliphatic rings. The Labute approximate surface area is 153 Å². The van der Waals surface area contributed by atoms with Crippen LogP contribution in [0.3, 0.4) is 0 Å². The molecule has 3 rings (SSSR count). The second-order valence-electron chi connectivity index (χ2n) is 5.51. The number of nitrogens with one attached hydrogen (secondary N) is 3. The number of H-pyrrole nitrogens is 1. The first-order valence-electron chi connectivity index (χ1n) is 8.28. The number of aromatic amines is 1. The number of hydrogen-bond acceptors (Lipinski definition) is 5. The zero-order valence-electron chi connectivity index (χ0n) is 14.7. The van der Waals surface area contributed by atoms with Crippen LogP contribution in [0.15, 0.2) is 23.6 Å². The Kier molecular flexibility index (Phi) is 6.87. The minimum Gasteiger partial charge on any atom is -0.378 e. The first kappa shape index (κ1) is 18.8. The monoisotopic (exact) mass is 355 g/mol. The van der Waals surface area contributed by atoms with E-state index in [1.54, 1.807) is 11.3 Å². The zero-order valence-corrected chi connectivity index (χ0v) is 15.5. The normalized spacial score (nSPS) is 10.3. The Morgan fingerprint density at radius 1 is 1.32 bits per heavy atom. The summed E-state index contributed by atoms with van der Waals surface area (Å²) in [6.45, 7) is 6.39. The van der Waals surface area contributed by atoms with Crippen molar-refractivity contribution in [1.82, 2.24) is 9.97 Å². The Morgan fingerprint density at radius 3 is 2.76 bits per heavy atom. The summed E-state index contributed by atoms with van der Waals surface area (Å²) in [5.74, 6) is 1.00. The maximum absolute atomic E-state index is 5.59. The topological polar surface area (TPSA) is 78.8 Å². The Bertz CT molecular complexity index is 817. The molecule has 0 saturated carbocycles. The van der Waals surface area contributed by atoms with Crippen molar-refractivity contribution >= 4 is 33.9 Å². The molecule has 5 N–H and O–H groups in total. The predicted octanol–water partition coefficient (Wildman–Crippen LogP) is 3.73. The van der Waals surface area contributed by atoms with E-state index in [1.165, 1.54) is 4.88 Å². The third-order valence-electron chi connectivity index (χ3n) is 3.89. The predicted molar refractivity (Wildman–Crippen MR) is 109 cm³/mol. The van der Waals surface area contributed by atoms with Crippen LogP contribution in [0.2, 0.25) is 0 Å². The number of nitrogens with zero attached hydrogens (tertiary/aromatic N) is 1. The molecule has 0 spiro atoms. The standard InChI is InChI=1S/C17H23N5S.C2H2/c1-3-12-9-14(20-10-13-5-4-8-23-13)16-15(21-12)11(2)17(22-16)19-7-6-18;1-2/h4-5,8-9,19,22H,3,6-7,10,18H2,1-2H3,(H,20,21);1-2H. The Balaban J connectivity index is 0.00000109. The van der Waals surface area contributed by atoms with Crippen LogP contribution in [0.5, 0.6) is 0 Å². The second kappa shape index (κ2) is 9.11. The lowest BCUT2D eigenvalue weighted by atomic mass is 10.2. The van der Waals surface area contributed by atoms with E-state index in [1.807, 2.05) is 0 Å². The molecule has 0 aromatic carbocycles.